The molecular weight excluding hydrogens is 363 g/mol. The van der Waals surface area contributed by atoms with Crippen LogP contribution in [0.1, 0.15) is 45.2 Å². The standard InChI is InChI=1S/C21H25FN2S2/c1-20(2)13-21(3,4)26-18-10-9-16(11-17(18)20)24-19(25)23-12-14-5-7-15(22)8-6-14/h5-11H,12-13H2,1-4H3,(H2,23,24,25). The highest BCUT2D eigenvalue weighted by molar-refractivity contribution is 8.00. The molecule has 3 rings (SSSR count). The van der Waals surface area contributed by atoms with Crippen LogP contribution < -0.4 is 10.6 Å². The van der Waals surface area contributed by atoms with Crippen molar-refractivity contribution in [2.45, 2.75) is 55.7 Å². The Bertz CT molecular complexity index is 813. The van der Waals surface area contributed by atoms with Gasteiger partial charge in [0, 0.05) is 21.9 Å². The lowest BCUT2D eigenvalue weighted by atomic mass is 9.77. The summed E-state index contributed by atoms with van der Waals surface area (Å²) < 4.78 is 13.2. The van der Waals surface area contributed by atoms with Gasteiger partial charge in [0.05, 0.1) is 0 Å². The highest BCUT2D eigenvalue weighted by Gasteiger charge is 2.38. The molecule has 5 heteroatoms. The van der Waals surface area contributed by atoms with E-state index in [9.17, 15) is 4.39 Å². The smallest absolute Gasteiger partial charge is 0.171 e. The van der Waals surface area contributed by atoms with Gasteiger partial charge in [0.2, 0.25) is 0 Å². The van der Waals surface area contributed by atoms with Gasteiger partial charge in [-0.2, -0.15) is 0 Å². The van der Waals surface area contributed by atoms with Crippen LogP contribution in [0.5, 0.6) is 0 Å². The second-order valence-corrected chi connectivity index (χ2v) is 10.2. The molecule has 2 aromatic rings. The van der Waals surface area contributed by atoms with Crippen LogP contribution in [-0.4, -0.2) is 9.86 Å². The highest BCUT2D eigenvalue weighted by Crippen LogP contribution is 2.51. The van der Waals surface area contributed by atoms with Crippen molar-refractivity contribution in [1.29, 1.82) is 0 Å². The van der Waals surface area contributed by atoms with Crippen molar-refractivity contribution in [1.82, 2.24) is 5.32 Å². The Morgan fingerprint density at radius 2 is 1.81 bits per heavy atom. The van der Waals surface area contributed by atoms with Gasteiger partial charge >= 0.3 is 0 Å². The van der Waals surface area contributed by atoms with Crippen molar-refractivity contribution in [2.75, 3.05) is 5.32 Å². The highest BCUT2D eigenvalue weighted by atomic mass is 32.2. The van der Waals surface area contributed by atoms with Crippen LogP contribution in [0.4, 0.5) is 10.1 Å². The fraction of sp³-hybridized carbons (Fsp3) is 0.381. The molecule has 0 amide bonds. The fourth-order valence-corrected chi connectivity index (χ4v) is 5.48. The lowest BCUT2D eigenvalue weighted by molar-refractivity contribution is 0.408. The van der Waals surface area contributed by atoms with E-state index in [4.69, 9.17) is 12.2 Å². The summed E-state index contributed by atoms with van der Waals surface area (Å²) in [6.45, 7) is 9.79. The second kappa shape index (κ2) is 7.20. The van der Waals surface area contributed by atoms with Gasteiger partial charge in [0.25, 0.3) is 0 Å². The van der Waals surface area contributed by atoms with E-state index in [2.05, 4.69) is 56.5 Å². The molecule has 0 radical (unpaired) electrons. The maximum atomic E-state index is 13.0. The molecular formula is C21H25FN2S2. The molecule has 1 aliphatic rings. The minimum absolute atomic E-state index is 0.130. The first kappa shape index (κ1) is 19.2. The van der Waals surface area contributed by atoms with Crippen LogP contribution in [0.15, 0.2) is 47.4 Å². The Labute approximate surface area is 165 Å². The third-order valence-corrected chi connectivity index (χ3v) is 6.11. The van der Waals surface area contributed by atoms with Crippen molar-refractivity contribution >= 4 is 34.8 Å². The van der Waals surface area contributed by atoms with Crippen molar-refractivity contribution < 1.29 is 4.39 Å². The molecule has 0 aliphatic carbocycles. The molecule has 0 spiro atoms. The number of halogens is 1. The summed E-state index contributed by atoms with van der Waals surface area (Å²) in [4.78, 5) is 1.35. The molecule has 2 nitrogen and oxygen atoms in total. The minimum atomic E-state index is -0.229. The molecule has 0 atom stereocenters. The van der Waals surface area contributed by atoms with Gasteiger partial charge in [-0.1, -0.05) is 39.8 Å². The molecule has 0 unspecified atom stereocenters. The molecule has 26 heavy (non-hydrogen) atoms. The summed E-state index contributed by atoms with van der Waals surface area (Å²) in [5.74, 6) is -0.229. The zero-order chi connectivity index (χ0) is 18.9. The summed E-state index contributed by atoms with van der Waals surface area (Å²) in [6.07, 6.45) is 1.13. The summed E-state index contributed by atoms with van der Waals surface area (Å²) in [7, 11) is 0. The van der Waals surface area contributed by atoms with Crippen LogP contribution in [0.2, 0.25) is 0 Å². The van der Waals surface area contributed by atoms with E-state index in [1.807, 2.05) is 11.8 Å². The lowest BCUT2D eigenvalue weighted by Crippen LogP contribution is -2.34. The Morgan fingerprint density at radius 1 is 1.12 bits per heavy atom. The van der Waals surface area contributed by atoms with E-state index in [1.54, 1.807) is 12.1 Å². The Morgan fingerprint density at radius 3 is 2.50 bits per heavy atom. The zero-order valence-electron chi connectivity index (χ0n) is 15.7. The predicted molar refractivity (Wildman–Crippen MR) is 113 cm³/mol. The van der Waals surface area contributed by atoms with Gasteiger partial charge in [0.1, 0.15) is 5.82 Å². The van der Waals surface area contributed by atoms with Crippen molar-refractivity contribution in [3.05, 3.63) is 59.4 Å². The SMILES string of the molecule is CC1(C)CC(C)(C)c2cc(NC(=S)NCc3ccc(F)cc3)ccc2S1. The molecule has 0 aromatic heterocycles. The van der Waals surface area contributed by atoms with Gasteiger partial charge < -0.3 is 10.6 Å². The molecule has 2 N–H and O–H groups in total. The summed E-state index contributed by atoms with van der Waals surface area (Å²) in [6, 6.07) is 12.9. The second-order valence-electron chi connectivity index (χ2n) is 8.07. The maximum Gasteiger partial charge on any atom is 0.171 e. The third kappa shape index (κ3) is 4.57. The van der Waals surface area contributed by atoms with Crippen molar-refractivity contribution in [3.8, 4) is 0 Å². The van der Waals surface area contributed by atoms with Crippen molar-refractivity contribution in [3.63, 3.8) is 0 Å². The number of benzene rings is 2. The van der Waals surface area contributed by atoms with E-state index in [-0.39, 0.29) is 16.0 Å². The Hall–Kier alpha value is -1.59. The first-order chi connectivity index (χ1) is 12.1. The van der Waals surface area contributed by atoms with Gasteiger partial charge in [0.15, 0.2) is 5.11 Å². The van der Waals surface area contributed by atoms with Gasteiger partial charge in [-0.15, -0.1) is 11.8 Å². The van der Waals surface area contributed by atoms with E-state index >= 15 is 0 Å². The minimum Gasteiger partial charge on any atom is -0.358 e. The summed E-state index contributed by atoms with van der Waals surface area (Å²) in [5, 5.41) is 7.01. The first-order valence-corrected chi connectivity index (χ1v) is 10.00. The average Bonchev–Trinajstić information content (AvgIpc) is 2.53. The van der Waals surface area contributed by atoms with Crippen molar-refractivity contribution in [2.24, 2.45) is 0 Å². The monoisotopic (exact) mass is 388 g/mol. The zero-order valence-corrected chi connectivity index (χ0v) is 17.3. The van der Waals surface area contributed by atoms with Gasteiger partial charge in [-0.3, -0.25) is 0 Å². The largest absolute Gasteiger partial charge is 0.358 e. The number of thioether (sulfide) groups is 1. The van der Waals surface area contributed by atoms with Crippen LogP contribution in [0.3, 0.4) is 0 Å². The Kier molecular flexibility index (Phi) is 5.31. The number of rotatable bonds is 3. The number of hydrogen-bond donors (Lipinski definition) is 2. The lowest BCUT2D eigenvalue weighted by Gasteiger charge is -2.41. The number of thiocarbonyl (C=S) groups is 1. The van der Waals surface area contributed by atoms with E-state index in [0.717, 1.165) is 17.7 Å². The molecule has 1 heterocycles. The average molecular weight is 389 g/mol. The summed E-state index contributed by atoms with van der Waals surface area (Å²) >= 11 is 7.35. The van der Waals surface area contributed by atoms with Crippen LogP contribution >= 0.6 is 24.0 Å². The maximum absolute atomic E-state index is 13.0. The number of nitrogens with one attached hydrogen (secondary N) is 2. The van der Waals surface area contributed by atoms with E-state index < -0.39 is 0 Å². The summed E-state index contributed by atoms with van der Waals surface area (Å²) in [5.41, 5.74) is 3.48. The van der Waals surface area contributed by atoms with Crippen LogP contribution in [0, 0.1) is 5.82 Å². The third-order valence-electron chi connectivity index (χ3n) is 4.59. The molecule has 0 saturated heterocycles. The molecule has 0 bridgehead atoms. The normalized spacial score (nSPS) is 17.3. The number of anilines is 1. The van der Waals surface area contributed by atoms with Gasteiger partial charge in [-0.05, 0) is 65.5 Å². The topological polar surface area (TPSA) is 24.1 Å². The molecule has 0 saturated carbocycles. The molecule has 0 fully saturated rings. The first-order valence-electron chi connectivity index (χ1n) is 8.77. The van der Waals surface area contributed by atoms with Gasteiger partial charge in [-0.25, -0.2) is 4.39 Å². The van der Waals surface area contributed by atoms with Crippen LogP contribution in [0.25, 0.3) is 0 Å². The quantitative estimate of drug-likeness (QED) is 0.643. The number of fused-ring (bicyclic) bond motifs is 1. The Balaban J connectivity index is 1.67. The van der Waals surface area contributed by atoms with Crippen LogP contribution in [-0.2, 0) is 12.0 Å². The number of hydrogen-bond acceptors (Lipinski definition) is 2. The molecule has 1 aliphatic heterocycles. The van der Waals surface area contributed by atoms with E-state index in [1.165, 1.54) is 22.6 Å². The predicted octanol–water partition coefficient (Wildman–Crippen LogP) is 5.86. The molecule has 2 aromatic carbocycles. The fourth-order valence-electron chi connectivity index (χ4n) is 3.68. The molecule has 138 valence electrons. The van der Waals surface area contributed by atoms with E-state index in [0.29, 0.717) is 11.7 Å².